The van der Waals surface area contributed by atoms with Crippen LogP contribution in [0, 0.1) is 0 Å². The summed E-state index contributed by atoms with van der Waals surface area (Å²) in [6.07, 6.45) is 0.104. The Balaban J connectivity index is 1.61. The van der Waals surface area contributed by atoms with Crippen molar-refractivity contribution in [2.75, 3.05) is 48.6 Å². The van der Waals surface area contributed by atoms with Crippen LogP contribution in [0.2, 0.25) is 0 Å². The number of aliphatic imine (C=N–C) groups is 1. The second kappa shape index (κ2) is 10.5. The van der Waals surface area contributed by atoms with E-state index in [1.54, 1.807) is 26.4 Å². The Bertz CT molecular complexity index is 1210. The second-order valence-electron chi connectivity index (χ2n) is 8.51. The molecular formula is C25H31N3O5S2. The van der Waals surface area contributed by atoms with Gasteiger partial charge in [0.25, 0.3) is 5.91 Å². The van der Waals surface area contributed by atoms with Crippen LogP contribution in [-0.2, 0) is 21.1 Å². The number of amides is 1. The van der Waals surface area contributed by atoms with Crippen LogP contribution in [0.5, 0.6) is 11.5 Å². The van der Waals surface area contributed by atoms with Crippen LogP contribution in [0.4, 0.5) is 11.4 Å². The van der Waals surface area contributed by atoms with Gasteiger partial charge >= 0.3 is 0 Å². The van der Waals surface area contributed by atoms with Gasteiger partial charge in [-0.1, -0.05) is 17.8 Å². The molecule has 0 radical (unpaired) electrons. The summed E-state index contributed by atoms with van der Waals surface area (Å²) >= 11 is 1.38. The molecule has 0 aliphatic carbocycles. The Kier molecular flexibility index (Phi) is 7.61. The highest BCUT2D eigenvalue weighted by atomic mass is 32.2. The number of carbonyl (C=O) groups excluding carboxylic acids is 1. The molecule has 10 heteroatoms. The normalized spacial score (nSPS) is 21.7. The van der Waals surface area contributed by atoms with Gasteiger partial charge < -0.3 is 19.3 Å². The average Bonchev–Trinajstić information content (AvgIpc) is 3.30. The number of amidine groups is 1. The van der Waals surface area contributed by atoms with E-state index >= 15 is 0 Å². The number of ether oxygens (including phenoxy) is 2. The lowest BCUT2D eigenvalue weighted by molar-refractivity contribution is -0.117. The van der Waals surface area contributed by atoms with Crippen molar-refractivity contribution >= 4 is 44.0 Å². The summed E-state index contributed by atoms with van der Waals surface area (Å²) in [6, 6.07) is 13.1. The predicted molar refractivity (Wildman–Crippen MR) is 142 cm³/mol. The first-order valence-corrected chi connectivity index (χ1v) is 14.3. The molecular weight excluding hydrogens is 486 g/mol. The maximum absolute atomic E-state index is 12.9. The third-order valence-corrected chi connectivity index (χ3v) is 9.56. The van der Waals surface area contributed by atoms with Crippen molar-refractivity contribution in [1.82, 2.24) is 0 Å². The minimum atomic E-state index is -3.13. The monoisotopic (exact) mass is 517 g/mol. The highest BCUT2D eigenvalue weighted by Crippen LogP contribution is 2.41. The van der Waals surface area contributed by atoms with Gasteiger partial charge in [0.15, 0.2) is 26.5 Å². The number of carbonyl (C=O) groups is 1. The molecule has 2 atom stereocenters. The van der Waals surface area contributed by atoms with Crippen LogP contribution in [0.25, 0.3) is 0 Å². The van der Waals surface area contributed by atoms with Crippen molar-refractivity contribution in [3.8, 4) is 11.5 Å². The highest BCUT2D eigenvalue weighted by molar-refractivity contribution is 8.16. The first-order valence-electron chi connectivity index (χ1n) is 11.6. The Labute approximate surface area is 211 Å². The lowest BCUT2D eigenvalue weighted by Gasteiger charge is -2.26. The van der Waals surface area contributed by atoms with Crippen molar-refractivity contribution in [2.24, 2.45) is 4.99 Å². The van der Waals surface area contributed by atoms with Gasteiger partial charge in [-0.2, -0.15) is 4.99 Å². The Hall–Kier alpha value is -2.72. The van der Waals surface area contributed by atoms with Crippen molar-refractivity contribution in [3.63, 3.8) is 0 Å². The molecule has 0 N–H and O–H groups in total. The molecule has 2 aliphatic rings. The number of nitrogens with zero attached hydrogens (tertiary/aromatic N) is 3. The Morgan fingerprint density at radius 2 is 1.74 bits per heavy atom. The first-order chi connectivity index (χ1) is 16.8. The minimum Gasteiger partial charge on any atom is -0.493 e. The molecule has 1 amide bonds. The highest BCUT2D eigenvalue weighted by Gasteiger charge is 2.49. The number of methoxy groups -OCH3 is 2. The van der Waals surface area contributed by atoms with Gasteiger partial charge in [0.1, 0.15) is 0 Å². The van der Waals surface area contributed by atoms with E-state index in [1.807, 2.05) is 35.2 Å². The maximum atomic E-state index is 12.9. The Morgan fingerprint density at radius 3 is 2.37 bits per heavy atom. The molecule has 0 bridgehead atoms. The number of sulfone groups is 1. The molecule has 0 saturated carbocycles. The third-order valence-electron chi connectivity index (χ3n) is 6.35. The number of rotatable bonds is 8. The van der Waals surface area contributed by atoms with Crippen LogP contribution < -0.4 is 19.3 Å². The fraction of sp³-hybridized carbons (Fsp3) is 0.440. The van der Waals surface area contributed by atoms with Gasteiger partial charge in [-0.25, -0.2) is 8.42 Å². The van der Waals surface area contributed by atoms with E-state index in [2.05, 4.69) is 23.7 Å². The zero-order chi connectivity index (χ0) is 25.2. The van der Waals surface area contributed by atoms with E-state index in [0.717, 1.165) is 30.0 Å². The second-order valence-corrected chi connectivity index (χ2v) is 11.9. The van der Waals surface area contributed by atoms with Gasteiger partial charge in [-0.05, 0) is 55.8 Å². The zero-order valence-electron chi connectivity index (χ0n) is 20.4. The molecule has 2 heterocycles. The number of thioether (sulfide) groups is 1. The number of benzene rings is 2. The molecule has 0 spiro atoms. The van der Waals surface area contributed by atoms with Crippen LogP contribution in [0.15, 0.2) is 47.5 Å². The van der Waals surface area contributed by atoms with Crippen molar-refractivity contribution in [3.05, 3.63) is 48.0 Å². The van der Waals surface area contributed by atoms with Crippen LogP contribution >= 0.6 is 11.8 Å². The van der Waals surface area contributed by atoms with E-state index < -0.39 is 9.84 Å². The molecule has 0 aromatic heterocycles. The van der Waals surface area contributed by atoms with Crippen LogP contribution in [0.3, 0.4) is 0 Å². The largest absolute Gasteiger partial charge is 0.493 e. The predicted octanol–water partition coefficient (Wildman–Crippen LogP) is 3.39. The molecule has 35 heavy (non-hydrogen) atoms. The van der Waals surface area contributed by atoms with Gasteiger partial charge in [0.2, 0.25) is 0 Å². The van der Waals surface area contributed by atoms with Crippen LogP contribution in [0.1, 0.15) is 19.4 Å². The standard InChI is InChI=1S/C25H31N3O5S2/c1-5-27(6-2)18-8-10-19(11-9-18)28-20-15-35(30,31)16-23(20)34-25(28)26-24(29)14-17-7-12-21(32-3)22(13-17)33-4/h7-13,20,23H,5-6,14-16H2,1-4H3/t20-,23-/m0/s1. The quantitative estimate of drug-likeness (QED) is 0.527. The van der Waals surface area contributed by atoms with Crippen LogP contribution in [-0.4, -0.2) is 69.6 Å². The molecule has 4 rings (SSSR count). The summed E-state index contributed by atoms with van der Waals surface area (Å²) < 4.78 is 35.3. The summed E-state index contributed by atoms with van der Waals surface area (Å²) in [4.78, 5) is 21.6. The van der Waals surface area contributed by atoms with Gasteiger partial charge in [0, 0.05) is 29.7 Å². The fourth-order valence-electron chi connectivity index (χ4n) is 4.59. The summed E-state index contributed by atoms with van der Waals surface area (Å²) in [5, 5.41) is 0.408. The summed E-state index contributed by atoms with van der Waals surface area (Å²) in [5.41, 5.74) is 2.71. The summed E-state index contributed by atoms with van der Waals surface area (Å²) in [5.74, 6) is 1.00. The van der Waals surface area contributed by atoms with E-state index in [4.69, 9.17) is 9.47 Å². The molecule has 2 fully saturated rings. The van der Waals surface area contributed by atoms with Gasteiger partial charge in [-0.3, -0.25) is 4.79 Å². The first kappa shape index (κ1) is 25.4. The molecule has 188 valence electrons. The van der Waals surface area contributed by atoms with Crippen molar-refractivity contribution in [1.29, 1.82) is 0 Å². The minimum absolute atomic E-state index is 0.0609. The fourth-order valence-corrected chi connectivity index (χ4v) is 8.52. The molecule has 2 saturated heterocycles. The molecule has 0 unspecified atom stereocenters. The number of anilines is 2. The molecule has 2 aromatic rings. The summed E-state index contributed by atoms with van der Waals surface area (Å²) in [6.45, 7) is 6.01. The lowest BCUT2D eigenvalue weighted by Crippen LogP contribution is -2.37. The molecule has 8 nitrogen and oxygen atoms in total. The van der Waals surface area contributed by atoms with E-state index in [0.29, 0.717) is 16.7 Å². The summed E-state index contributed by atoms with van der Waals surface area (Å²) in [7, 11) is -0.0148. The maximum Gasteiger partial charge on any atom is 0.252 e. The Morgan fingerprint density at radius 1 is 1.06 bits per heavy atom. The number of hydrogen-bond acceptors (Lipinski definition) is 7. The van der Waals surface area contributed by atoms with E-state index in [9.17, 15) is 13.2 Å². The van der Waals surface area contributed by atoms with Crippen molar-refractivity contribution in [2.45, 2.75) is 31.6 Å². The number of fused-ring (bicyclic) bond motifs is 1. The lowest BCUT2D eigenvalue weighted by atomic mass is 10.1. The van der Waals surface area contributed by atoms with Crippen molar-refractivity contribution < 1.29 is 22.7 Å². The molecule has 2 aromatic carbocycles. The zero-order valence-corrected chi connectivity index (χ0v) is 22.1. The van der Waals surface area contributed by atoms with Gasteiger partial charge in [-0.15, -0.1) is 0 Å². The molecule has 2 aliphatic heterocycles. The smallest absolute Gasteiger partial charge is 0.252 e. The van der Waals surface area contributed by atoms with Gasteiger partial charge in [0.05, 0.1) is 38.2 Å². The van der Waals surface area contributed by atoms with E-state index in [1.165, 1.54) is 11.8 Å². The third kappa shape index (κ3) is 5.43. The van der Waals surface area contributed by atoms with E-state index in [-0.39, 0.29) is 35.1 Å². The topological polar surface area (TPSA) is 88.5 Å². The average molecular weight is 518 g/mol. The number of hydrogen-bond donors (Lipinski definition) is 0. The SMILES string of the molecule is CCN(CC)c1ccc(N2C(=NC(=O)Cc3ccc(OC)c(OC)c3)S[C@H]3CS(=O)(=O)C[C@@H]32)cc1.